The quantitative estimate of drug-likeness (QED) is 0.693. The van der Waals surface area contributed by atoms with Crippen molar-refractivity contribution in [1.82, 2.24) is 9.27 Å². The van der Waals surface area contributed by atoms with Crippen LogP contribution in [0, 0.1) is 0 Å². The van der Waals surface area contributed by atoms with Crippen molar-refractivity contribution in [2.45, 2.75) is 5.54 Å². The van der Waals surface area contributed by atoms with Gasteiger partial charge in [0.2, 0.25) is 0 Å². The molecule has 2 fully saturated rings. The smallest absolute Gasteiger partial charge is 0.150 e. The van der Waals surface area contributed by atoms with Crippen LogP contribution in [0.4, 0.5) is 5.82 Å². The Morgan fingerprint density at radius 1 is 1.00 bits per heavy atom. The van der Waals surface area contributed by atoms with Gasteiger partial charge in [-0.25, -0.2) is 0 Å². The SMILES string of the molecule is COc1ccc(C2(N3CCN(c4nsc5ccccc45)CC3)COC2)cc1. The second kappa shape index (κ2) is 6.78. The highest BCUT2D eigenvalue weighted by molar-refractivity contribution is 7.13. The maximum atomic E-state index is 5.66. The van der Waals surface area contributed by atoms with Crippen molar-refractivity contribution in [2.24, 2.45) is 0 Å². The topological polar surface area (TPSA) is 37.8 Å². The predicted octanol–water partition coefficient (Wildman–Crippen LogP) is 3.35. The Morgan fingerprint density at radius 3 is 2.41 bits per heavy atom. The van der Waals surface area contributed by atoms with Crippen molar-refractivity contribution in [3.05, 3.63) is 54.1 Å². The van der Waals surface area contributed by atoms with Crippen molar-refractivity contribution < 1.29 is 9.47 Å². The summed E-state index contributed by atoms with van der Waals surface area (Å²) in [6.45, 7) is 5.54. The van der Waals surface area contributed by atoms with Crippen LogP contribution < -0.4 is 9.64 Å². The average molecular weight is 382 g/mol. The molecule has 3 heterocycles. The maximum Gasteiger partial charge on any atom is 0.150 e. The van der Waals surface area contributed by atoms with E-state index in [1.54, 1.807) is 18.6 Å². The molecule has 0 spiro atoms. The van der Waals surface area contributed by atoms with E-state index in [-0.39, 0.29) is 5.54 Å². The van der Waals surface area contributed by atoms with Gasteiger partial charge in [-0.05, 0) is 41.4 Å². The Morgan fingerprint density at radius 2 is 1.74 bits per heavy atom. The lowest BCUT2D eigenvalue weighted by molar-refractivity contribution is -0.148. The fourth-order valence-electron chi connectivity index (χ4n) is 4.18. The van der Waals surface area contributed by atoms with Crippen molar-refractivity contribution in [2.75, 3.05) is 51.4 Å². The number of ether oxygens (including phenoxy) is 2. The number of nitrogens with zero attached hydrogens (tertiary/aromatic N) is 3. The van der Waals surface area contributed by atoms with E-state index in [9.17, 15) is 0 Å². The lowest BCUT2D eigenvalue weighted by Gasteiger charge is -2.52. The number of aromatic nitrogens is 1. The summed E-state index contributed by atoms with van der Waals surface area (Å²) in [6.07, 6.45) is 0. The largest absolute Gasteiger partial charge is 0.497 e. The van der Waals surface area contributed by atoms with E-state index in [0.29, 0.717) is 0 Å². The molecular formula is C21H23N3O2S. The number of anilines is 1. The molecule has 0 amide bonds. The number of hydrogen-bond donors (Lipinski definition) is 0. The van der Waals surface area contributed by atoms with Crippen LogP contribution in [0.25, 0.3) is 10.1 Å². The summed E-state index contributed by atoms with van der Waals surface area (Å²) in [5.74, 6) is 2.04. The summed E-state index contributed by atoms with van der Waals surface area (Å²) in [7, 11) is 1.71. The minimum Gasteiger partial charge on any atom is -0.497 e. The van der Waals surface area contributed by atoms with Gasteiger partial charge in [-0.1, -0.05) is 24.3 Å². The van der Waals surface area contributed by atoms with Crippen LogP contribution in [0.3, 0.4) is 0 Å². The van der Waals surface area contributed by atoms with Crippen LogP contribution in [0.2, 0.25) is 0 Å². The lowest BCUT2D eigenvalue weighted by Crippen LogP contribution is -2.64. The molecule has 6 heteroatoms. The van der Waals surface area contributed by atoms with Crippen molar-refractivity contribution in [3.63, 3.8) is 0 Å². The van der Waals surface area contributed by atoms with Gasteiger partial charge in [0.25, 0.3) is 0 Å². The van der Waals surface area contributed by atoms with E-state index in [1.165, 1.54) is 15.6 Å². The Labute approximate surface area is 163 Å². The van der Waals surface area contributed by atoms with Crippen molar-refractivity contribution in [3.8, 4) is 5.75 Å². The van der Waals surface area contributed by atoms with Gasteiger partial charge in [0.15, 0.2) is 0 Å². The summed E-state index contributed by atoms with van der Waals surface area (Å²) >= 11 is 1.59. The molecule has 0 aliphatic carbocycles. The first-order valence-corrected chi connectivity index (χ1v) is 10.1. The predicted molar refractivity (Wildman–Crippen MR) is 109 cm³/mol. The Bertz CT molecular complexity index is 928. The van der Waals surface area contributed by atoms with Crippen LogP contribution >= 0.6 is 11.5 Å². The van der Waals surface area contributed by atoms with Crippen LogP contribution in [-0.2, 0) is 10.3 Å². The fraction of sp³-hybridized carbons (Fsp3) is 0.381. The zero-order valence-corrected chi connectivity index (χ0v) is 16.2. The number of piperazine rings is 1. The zero-order chi connectivity index (χ0) is 18.3. The number of methoxy groups -OCH3 is 1. The summed E-state index contributed by atoms with van der Waals surface area (Å²) in [4.78, 5) is 5.01. The molecule has 3 aromatic rings. The molecule has 0 bridgehead atoms. The minimum absolute atomic E-state index is 0.00248. The molecule has 0 N–H and O–H groups in total. The highest BCUT2D eigenvalue weighted by Gasteiger charge is 2.46. The molecule has 0 radical (unpaired) electrons. The molecule has 27 heavy (non-hydrogen) atoms. The van der Waals surface area contributed by atoms with E-state index in [1.807, 2.05) is 12.1 Å². The lowest BCUT2D eigenvalue weighted by atomic mass is 9.85. The van der Waals surface area contributed by atoms with E-state index in [4.69, 9.17) is 13.8 Å². The third kappa shape index (κ3) is 2.79. The molecule has 1 aromatic heterocycles. The number of benzene rings is 2. The third-order valence-corrected chi connectivity index (χ3v) is 6.67. The monoisotopic (exact) mass is 381 g/mol. The Hall–Kier alpha value is -2.15. The summed E-state index contributed by atoms with van der Waals surface area (Å²) in [5.41, 5.74) is 1.32. The molecule has 5 rings (SSSR count). The first kappa shape index (κ1) is 17.0. The number of rotatable bonds is 4. The van der Waals surface area contributed by atoms with Crippen LogP contribution in [0.1, 0.15) is 5.56 Å². The molecule has 2 aliphatic heterocycles. The average Bonchev–Trinajstić information content (AvgIpc) is 3.12. The number of hydrogen-bond acceptors (Lipinski definition) is 6. The van der Waals surface area contributed by atoms with Crippen molar-refractivity contribution in [1.29, 1.82) is 0 Å². The van der Waals surface area contributed by atoms with Gasteiger partial charge in [-0.3, -0.25) is 4.90 Å². The molecule has 0 unspecified atom stereocenters. The molecule has 2 aliphatic rings. The van der Waals surface area contributed by atoms with E-state index >= 15 is 0 Å². The number of fused-ring (bicyclic) bond motifs is 1. The molecular weight excluding hydrogens is 358 g/mol. The van der Waals surface area contributed by atoms with E-state index in [2.05, 4.69) is 46.2 Å². The molecule has 2 aromatic carbocycles. The standard InChI is InChI=1S/C21H23N3O2S/c1-25-17-8-6-16(7-9-17)21(14-26-15-21)24-12-10-23(11-13-24)20-18-4-2-3-5-19(18)27-22-20/h2-9H,10-15H2,1H3. The van der Waals surface area contributed by atoms with Gasteiger partial charge in [-0.15, -0.1) is 0 Å². The van der Waals surface area contributed by atoms with E-state index < -0.39 is 0 Å². The van der Waals surface area contributed by atoms with E-state index in [0.717, 1.165) is 51.0 Å². The van der Waals surface area contributed by atoms with Gasteiger partial charge in [0.1, 0.15) is 11.6 Å². The molecule has 140 valence electrons. The highest BCUT2D eigenvalue weighted by Crippen LogP contribution is 2.38. The molecule has 5 nitrogen and oxygen atoms in total. The van der Waals surface area contributed by atoms with Crippen LogP contribution in [0.5, 0.6) is 5.75 Å². The fourth-order valence-corrected chi connectivity index (χ4v) is 4.97. The first-order chi connectivity index (χ1) is 13.3. The highest BCUT2D eigenvalue weighted by atomic mass is 32.1. The van der Waals surface area contributed by atoms with Crippen LogP contribution in [0.15, 0.2) is 48.5 Å². The van der Waals surface area contributed by atoms with Crippen LogP contribution in [-0.4, -0.2) is 55.8 Å². The summed E-state index contributed by atoms with van der Waals surface area (Å²) in [5, 5.41) is 1.27. The third-order valence-electron chi connectivity index (χ3n) is 5.85. The second-order valence-corrected chi connectivity index (χ2v) is 8.03. The van der Waals surface area contributed by atoms with Crippen molar-refractivity contribution >= 4 is 27.4 Å². The zero-order valence-electron chi connectivity index (χ0n) is 15.4. The van der Waals surface area contributed by atoms with Gasteiger partial charge in [-0.2, -0.15) is 4.37 Å². The second-order valence-electron chi connectivity index (χ2n) is 7.23. The Kier molecular flexibility index (Phi) is 4.27. The van der Waals surface area contributed by atoms with Gasteiger partial charge in [0, 0.05) is 31.6 Å². The molecule has 0 saturated carbocycles. The summed E-state index contributed by atoms with van der Waals surface area (Å²) in [6, 6.07) is 17.0. The molecule has 2 saturated heterocycles. The molecule has 0 atom stereocenters. The first-order valence-electron chi connectivity index (χ1n) is 9.37. The summed E-state index contributed by atoms with van der Waals surface area (Å²) < 4.78 is 17.0. The normalized spacial score (nSPS) is 19.8. The van der Waals surface area contributed by atoms with Gasteiger partial charge < -0.3 is 14.4 Å². The maximum absolute atomic E-state index is 5.66. The minimum atomic E-state index is 0.00248. The Balaban J connectivity index is 1.34. The van der Waals surface area contributed by atoms with Gasteiger partial charge in [0.05, 0.1) is 30.6 Å². The van der Waals surface area contributed by atoms with Gasteiger partial charge >= 0.3 is 0 Å².